The Hall–Kier alpha value is -2.09. The summed E-state index contributed by atoms with van der Waals surface area (Å²) < 4.78 is 5.27. The monoisotopic (exact) mass is 364 g/mol. The number of aromatic nitrogens is 1. The van der Waals surface area contributed by atoms with Crippen LogP contribution in [0.3, 0.4) is 0 Å². The van der Waals surface area contributed by atoms with E-state index in [1.165, 1.54) is 0 Å². The van der Waals surface area contributed by atoms with Gasteiger partial charge in [-0.05, 0) is 27.7 Å². The van der Waals surface area contributed by atoms with Crippen molar-refractivity contribution in [3.8, 4) is 0 Å². The average Bonchev–Trinajstić information content (AvgIpc) is 2.94. The SMILES string of the molecule is CN=C(NCC(C)c1c(C)noc1C)N1CCN(C(C)(C)C(N)=O)CC1. The first-order valence-corrected chi connectivity index (χ1v) is 9.11. The fraction of sp³-hybridized carbons (Fsp3) is 0.722. The van der Waals surface area contributed by atoms with Crippen molar-refractivity contribution in [2.75, 3.05) is 39.8 Å². The number of primary amides is 1. The number of piperazine rings is 1. The molecule has 0 spiro atoms. The molecule has 146 valence electrons. The molecular weight excluding hydrogens is 332 g/mol. The number of hydrogen-bond donors (Lipinski definition) is 2. The number of guanidine groups is 1. The standard InChI is InChI=1S/C18H32N6O2/c1-12(15-13(2)22-26-14(15)3)11-21-17(20-6)23-7-9-24(10-8-23)18(4,5)16(19)25/h12H,7-11H2,1-6H3,(H2,19,25)(H,20,21). The molecule has 1 unspecified atom stereocenters. The number of nitrogens with two attached hydrogens (primary N) is 1. The molecule has 8 nitrogen and oxygen atoms in total. The van der Waals surface area contributed by atoms with Gasteiger partial charge in [-0.2, -0.15) is 0 Å². The Morgan fingerprint density at radius 1 is 1.35 bits per heavy atom. The predicted octanol–water partition coefficient (Wildman–Crippen LogP) is 0.852. The molecule has 1 fully saturated rings. The highest BCUT2D eigenvalue weighted by molar-refractivity contribution is 5.84. The summed E-state index contributed by atoms with van der Waals surface area (Å²) in [7, 11) is 1.79. The van der Waals surface area contributed by atoms with Gasteiger partial charge in [0.25, 0.3) is 0 Å². The average molecular weight is 364 g/mol. The Balaban J connectivity index is 1.92. The number of aliphatic imine (C=N–C) groups is 1. The molecule has 0 bridgehead atoms. The number of rotatable bonds is 5. The number of carbonyl (C=O) groups excluding carboxylic acids is 1. The van der Waals surface area contributed by atoms with Crippen LogP contribution >= 0.6 is 0 Å². The molecule has 2 heterocycles. The van der Waals surface area contributed by atoms with Gasteiger partial charge in [-0.1, -0.05) is 12.1 Å². The van der Waals surface area contributed by atoms with E-state index >= 15 is 0 Å². The van der Waals surface area contributed by atoms with Crippen LogP contribution in [0.1, 0.15) is 43.7 Å². The maximum atomic E-state index is 11.7. The molecule has 1 saturated heterocycles. The Morgan fingerprint density at radius 3 is 2.42 bits per heavy atom. The summed E-state index contributed by atoms with van der Waals surface area (Å²) in [5.41, 5.74) is 7.00. The maximum absolute atomic E-state index is 11.7. The van der Waals surface area contributed by atoms with E-state index in [-0.39, 0.29) is 11.8 Å². The summed E-state index contributed by atoms with van der Waals surface area (Å²) in [6.07, 6.45) is 0. The van der Waals surface area contributed by atoms with E-state index in [0.29, 0.717) is 0 Å². The number of amides is 1. The number of hydrogen-bond acceptors (Lipinski definition) is 5. The van der Waals surface area contributed by atoms with E-state index in [2.05, 4.69) is 32.2 Å². The molecule has 1 aliphatic heterocycles. The fourth-order valence-electron chi connectivity index (χ4n) is 3.51. The molecule has 8 heteroatoms. The molecule has 1 aromatic rings. The van der Waals surface area contributed by atoms with Crippen LogP contribution in [0, 0.1) is 13.8 Å². The second-order valence-corrected chi connectivity index (χ2v) is 7.46. The third kappa shape index (κ3) is 4.17. The normalized spacial score (nSPS) is 18.1. The van der Waals surface area contributed by atoms with Crippen molar-refractivity contribution < 1.29 is 9.32 Å². The summed E-state index contributed by atoms with van der Waals surface area (Å²) in [6, 6.07) is 0. The van der Waals surface area contributed by atoms with E-state index in [9.17, 15) is 4.79 Å². The minimum atomic E-state index is -0.624. The Morgan fingerprint density at radius 2 is 1.96 bits per heavy atom. The first-order chi connectivity index (χ1) is 12.2. The molecule has 1 amide bonds. The highest BCUT2D eigenvalue weighted by Crippen LogP contribution is 2.22. The molecule has 2 rings (SSSR count). The van der Waals surface area contributed by atoms with Gasteiger partial charge >= 0.3 is 0 Å². The van der Waals surface area contributed by atoms with Crippen molar-refractivity contribution in [3.63, 3.8) is 0 Å². The van der Waals surface area contributed by atoms with Gasteiger partial charge in [-0.25, -0.2) is 0 Å². The summed E-state index contributed by atoms with van der Waals surface area (Å²) in [5, 5.41) is 7.49. The van der Waals surface area contributed by atoms with Gasteiger partial charge in [0.15, 0.2) is 5.96 Å². The van der Waals surface area contributed by atoms with Crippen molar-refractivity contribution in [1.29, 1.82) is 0 Å². The zero-order valence-electron chi connectivity index (χ0n) is 16.8. The zero-order valence-corrected chi connectivity index (χ0v) is 16.8. The van der Waals surface area contributed by atoms with Crippen LogP contribution < -0.4 is 11.1 Å². The second kappa shape index (κ2) is 8.07. The highest BCUT2D eigenvalue weighted by Gasteiger charge is 2.35. The predicted molar refractivity (Wildman–Crippen MR) is 102 cm³/mol. The van der Waals surface area contributed by atoms with Crippen LogP contribution in [0.4, 0.5) is 0 Å². The van der Waals surface area contributed by atoms with Gasteiger partial charge in [0.2, 0.25) is 5.91 Å². The fourth-order valence-corrected chi connectivity index (χ4v) is 3.51. The van der Waals surface area contributed by atoms with E-state index in [0.717, 1.165) is 55.7 Å². The summed E-state index contributed by atoms with van der Waals surface area (Å²) in [6.45, 7) is 13.7. The molecule has 1 aliphatic rings. The summed E-state index contributed by atoms with van der Waals surface area (Å²) in [4.78, 5) is 20.4. The van der Waals surface area contributed by atoms with E-state index < -0.39 is 5.54 Å². The van der Waals surface area contributed by atoms with E-state index in [1.54, 1.807) is 7.05 Å². The lowest BCUT2D eigenvalue weighted by Crippen LogP contribution is -2.61. The van der Waals surface area contributed by atoms with Crippen molar-refractivity contribution >= 4 is 11.9 Å². The Kier molecular flexibility index (Phi) is 6.28. The van der Waals surface area contributed by atoms with Crippen LogP contribution in [-0.2, 0) is 4.79 Å². The second-order valence-electron chi connectivity index (χ2n) is 7.46. The van der Waals surface area contributed by atoms with Crippen molar-refractivity contribution in [2.24, 2.45) is 10.7 Å². The topological polar surface area (TPSA) is 100.0 Å². The quantitative estimate of drug-likeness (QED) is 0.593. The highest BCUT2D eigenvalue weighted by atomic mass is 16.5. The van der Waals surface area contributed by atoms with Crippen LogP contribution in [-0.4, -0.2) is 72.1 Å². The number of carbonyl (C=O) groups is 1. The first kappa shape index (κ1) is 20.2. The summed E-state index contributed by atoms with van der Waals surface area (Å²) in [5.74, 6) is 1.73. The largest absolute Gasteiger partial charge is 0.368 e. The third-order valence-corrected chi connectivity index (χ3v) is 5.33. The Labute approximate surface area is 155 Å². The maximum Gasteiger partial charge on any atom is 0.237 e. The van der Waals surface area contributed by atoms with Crippen LogP contribution in [0.5, 0.6) is 0 Å². The Bertz CT molecular complexity index is 639. The van der Waals surface area contributed by atoms with E-state index in [4.69, 9.17) is 10.3 Å². The molecule has 0 saturated carbocycles. The van der Waals surface area contributed by atoms with Crippen LogP contribution in [0.15, 0.2) is 9.52 Å². The number of nitrogens with zero attached hydrogens (tertiary/aromatic N) is 4. The van der Waals surface area contributed by atoms with Gasteiger partial charge in [0.05, 0.1) is 11.2 Å². The van der Waals surface area contributed by atoms with Gasteiger partial charge in [-0.3, -0.25) is 14.7 Å². The summed E-state index contributed by atoms with van der Waals surface area (Å²) >= 11 is 0. The van der Waals surface area contributed by atoms with Crippen molar-refractivity contribution in [1.82, 2.24) is 20.3 Å². The molecule has 0 aliphatic carbocycles. The van der Waals surface area contributed by atoms with E-state index in [1.807, 2.05) is 27.7 Å². The van der Waals surface area contributed by atoms with Gasteiger partial charge in [0, 0.05) is 51.3 Å². The smallest absolute Gasteiger partial charge is 0.237 e. The van der Waals surface area contributed by atoms with Gasteiger partial charge < -0.3 is 20.5 Å². The van der Waals surface area contributed by atoms with Crippen LogP contribution in [0.25, 0.3) is 0 Å². The minimum Gasteiger partial charge on any atom is -0.368 e. The van der Waals surface area contributed by atoms with Crippen LogP contribution in [0.2, 0.25) is 0 Å². The molecule has 0 radical (unpaired) electrons. The number of nitrogens with one attached hydrogen (secondary N) is 1. The minimum absolute atomic E-state index is 0.271. The molecule has 1 atom stereocenters. The molecular formula is C18H32N6O2. The van der Waals surface area contributed by atoms with Crippen molar-refractivity contribution in [2.45, 2.75) is 46.1 Å². The molecule has 3 N–H and O–H groups in total. The number of aryl methyl sites for hydroxylation is 2. The molecule has 26 heavy (non-hydrogen) atoms. The first-order valence-electron chi connectivity index (χ1n) is 9.11. The van der Waals surface area contributed by atoms with Gasteiger partial charge in [-0.15, -0.1) is 0 Å². The zero-order chi connectivity index (χ0) is 19.5. The molecule has 0 aromatic carbocycles. The third-order valence-electron chi connectivity index (χ3n) is 5.33. The lowest BCUT2D eigenvalue weighted by molar-refractivity contribution is -0.129. The lowest BCUT2D eigenvalue weighted by atomic mass is 9.99. The van der Waals surface area contributed by atoms with Gasteiger partial charge in [0.1, 0.15) is 5.76 Å². The van der Waals surface area contributed by atoms with Crippen molar-refractivity contribution in [3.05, 3.63) is 17.0 Å². The lowest BCUT2D eigenvalue weighted by Gasteiger charge is -2.43. The molecule has 1 aromatic heterocycles.